The number of aliphatic hydroxyl groups is 1. The Labute approximate surface area is 120 Å². The lowest BCUT2D eigenvalue weighted by molar-refractivity contribution is 0.0564. The van der Waals surface area contributed by atoms with Gasteiger partial charge in [0.15, 0.2) is 0 Å². The van der Waals surface area contributed by atoms with E-state index < -0.39 is 6.10 Å². The zero-order valence-corrected chi connectivity index (χ0v) is 12.0. The molecule has 3 N–H and O–H groups in total. The molecule has 0 aliphatic carbocycles. The summed E-state index contributed by atoms with van der Waals surface area (Å²) >= 11 is 0. The van der Waals surface area contributed by atoms with Crippen LogP contribution in [0.25, 0.3) is 0 Å². The van der Waals surface area contributed by atoms with Crippen LogP contribution in [0.2, 0.25) is 0 Å². The minimum absolute atomic E-state index is 0.345. The van der Waals surface area contributed by atoms with Crippen molar-refractivity contribution in [2.24, 2.45) is 5.73 Å². The number of nitrogens with two attached hydrogens (primary N) is 1. The van der Waals surface area contributed by atoms with Crippen LogP contribution in [0.4, 0.5) is 0 Å². The van der Waals surface area contributed by atoms with E-state index in [1.165, 1.54) is 12.8 Å². The second kappa shape index (κ2) is 5.72. The second-order valence-corrected chi connectivity index (χ2v) is 6.11. The molecule has 1 aromatic carbocycles. The first kappa shape index (κ1) is 13.9. The van der Waals surface area contributed by atoms with Crippen LogP contribution in [-0.4, -0.2) is 41.8 Å². The monoisotopic (exact) mass is 276 g/mol. The van der Waals surface area contributed by atoms with Gasteiger partial charge in [0.05, 0.1) is 13.2 Å². The topological polar surface area (TPSA) is 58.7 Å². The fourth-order valence-electron chi connectivity index (χ4n) is 3.77. The molecule has 3 unspecified atom stereocenters. The molecule has 3 rings (SSSR count). The minimum atomic E-state index is -0.456. The van der Waals surface area contributed by atoms with Crippen molar-refractivity contribution in [2.75, 3.05) is 13.7 Å². The minimum Gasteiger partial charge on any atom is -0.497 e. The maximum atomic E-state index is 10.5. The smallest absolute Gasteiger partial charge is 0.119 e. The van der Waals surface area contributed by atoms with Crippen molar-refractivity contribution >= 4 is 0 Å². The number of benzene rings is 1. The molecule has 2 aliphatic rings. The van der Waals surface area contributed by atoms with Crippen molar-refractivity contribution in [1.82, 2.24) is 4.90 Å². The number of rotatable bonds is 4. The van der Waals surface area contributed by atoms with Crippen LogP contribution in [0.15, 0.2) is 24.3 Å². The van der Waals surface area contributed by atoms with E-state index in [0.717, 1.165) is 24.2 Å². The molecule has 0 spiro atoms. The Morgan fingerprint density at radius 2 is 2.05 bits per heavy atom. The van der Waals surface area contributed by atoms with Gasteiger partial charge in [0, 0.05) is 24.7 Å². The first-order valence-corrected chi connectivity index (χ1v) is 7.50. The predicted octanol–water partition coefficient (Wildman–Crippen LogP) is 1.68. The van der Waals surface area contributed by atoms with Gasteiger partial charge in [0.25, 0.3) is 0 Å². The largest absolute Gasteiger partial charge is 0.497 e. The highest BCUT2D eigenvalue weighted by molar-refractivity contribution is 5.30. The molecular weight excluding hydrogens is 252 g/mol. The SMILES string of the molecule is COc1cccc(C(O)CN2C3CCC2CC(N)C3)c1. The van der Waals surface area contributed by atoms with E-state index in [2.05, 4.69) is 4.90 Å². The standard InChI is InChI=1S/C16H24N2O2/c1-20-15-4-2-3-11(7-15)16(19)10-18-13-5-6-14(18)9-12(17)8-13/h2-4,7,12-14,16,19H,5-6,8-10,17H2,1H3. The number of hydrogen-bond acceptors (Lipinski definition) is 4. The third-order valence-corrected chi connectivity index (χ3v) is 4.78. The highest BCUT2D eigenvalue weighted by Crippen LogP contribution is 2.36. The van der Waals surface area contributed by atoms with Gasteiger partial charge in [-0.05, 0) is 43.4 Å². The molecule has 0 amide bonds. The summed E-state index contributed by atoms with van der Waals surface area (Å²) in [5, 5.41) is 10.5. The Bertz CT molecular complexity index is 452. The number of aliphatic hydroxyl groups excluding tert-OH is 1. The molecule has 0 radical (unpaired) electrons. The van der Waals surface area contributed by atoms with E-state index in [0.29, 0.717) is 24.7 Å². The molecule has 4 nitrogen and oxygen atoms in total. The quantitative estimate of drug-likeness (QED) is 0.878. The van der Waals surface area contributed by atoms with Gasteiger partial charge in [-0.25, -0.2) is 0 Å². The van der Waals surface area contributed by atoms with Crippen molar-refractivity contribution in [3.05, 3.63) is 29.8 Å². The van der Waals surface area contributed by atoms with Gasteiger partial charge in [-0.15, -0.1) is 0 Å². The van der Waals surface area contributed by atoms with Crippen LogP contribution in [0.5, 0.6) is 5.75 Å². The third kappa shape index (κ3) is 2.68. The molecule has 2 bridgehead atoms. The summed E-state index contributed by atoms with van der Waals surface area (Å²) in [5.41, 5.74) is 7.02. The molecule has 1 aromatic rings. The van der Waals surface area contributed by atoms with Crippen molar-refractivity contribution in [3.8, 4) is 5.75 Å². The lowest BCUT2D eigenvalue weighted by Crippen LogP contribution is -2.48. The first-order valence-electron chi connectivity index (χ1n) is 7.50. The van der Waals surface area contributed by atoms with Crippen LogP contribution >= 0.6 is 0 Å². The summed E-state index contributed by atoms with van der Waals surface area (Å²) in [4.78, 5) is 2.47. The van der Waals surface area contributed by atoms with E-state index in [1.54, 1.807) is 7.11 Å². The summed E-state index contributed by atoms with van der Waals surface area (Å²) in [7, 11) is 1.65. The van der Waals surface area contributed by atoms with Gasteiger partial charge in [-0.3, -0.25) is 4.90 Å². The normalized spacial score (nSPS) is 31.2. The van der Waals surface area contributed by atoms with E-state index in [4.69, 9.17) is 10.5 Å². The molecule has 0 aromatic heterocycles. The Morgan fingerprint density at radius 3 is 2.70 bits per heavy atom. The van der Waals surface area contributed by atoms with Gasteiger partial charge >= 0.3 is 0 Å². The molecule has 3 atom stereocenters. The fourth-order valence-corrected chi connectivity index (χ4v) is 3.77. The average molecular weight is 276 g/mol. The van der Waals surface area contributed by atoms with Crippen molar-refractivity contribution in [1.29, 1.82) is 0 Å². The Hall–Kier alpha value is -1.10. The van der Waals surface area contributed by atoms with Gasteiger partial charge in [-0.1, -0.05) is 12.1 Å². The van der Waals surface area contributed by atoms with Gasteiger partial charge in [0.2, 0.25) is 0 Å². The fraction of sp³-hybridized carbons (Fsp3) is 0.625. The average Bonchev–Trinajstić information content (AvgIpc) is 2.70. The highest BCUT2D eigenvalue weighted by atomic mass is 16.5. The molecule has 4 heteroatoms. The van der Waals surface area contributed by atoms with Gasteiger partial charge < -0.3 is 15.6 Å². The third-order valence-electron chi connectivity index (χ3n) is 4.78. The molecule has 110 valence electrons. The second-order valence-electron chi connectivity index (χ2n) is 6.11. The molecule has 20 heavy (non-hydrogen) atoms. The Morgan fingerprint density at radius 1 is 1.35 bits per heavy atom. The Kier molecular flexibility index (Phi) is 3.96. The summed E-state index contributed by atoms with van der Waals surface area (Å²) in [5.74, 6) is 0.796. The zero-order valence-electron chi connectivity index (χ0n) is 12.0. The molecular formula is C16H24N2O2. The van der Waals surface area contributed by atoms with Crippen LogP contribution in [0, 0.1) is 0 Å². The van der Waals surface area contributed by atoms with Gasteiger partial charge in [-0.2, -0.15) is 0 Å². The number of ether oxygens (including phenoxy) is 1. The van der Waals surface area contributed by atoms with Crippen LogP contribution in [0.1, 0.15) is 37.4 Å². The van der Waals surface area contributed by atoms with E-state index >= 15 is 0 Å². The molecule has 2 fully saturated rings. The van der Waals surface area contributed by atoms with Crippen molar-refractivity contribution in [2.45, 2.75) is 49.9 Å². The van der Waals surface area contributed by atoms with E-state index in [1.807, 2.05) is 24.3 Å². The maximum absolute atomic E-state index is 10.5. The predicted molar refractivity (Wildman–Crippen MR) is 78.7 cm³/mol. The molecule has 0 saturated carbocycles. The van der Waals surface area contributed by atoms with Crippen LogP contribution in [-0.2, 0) is 0 Å². The molecule has 2 aliphatic heterocycles. The van der Waals surface area contributed by atoms with Crippen LogP contribution in [0.3, 0.4) is 0 Å². The zero-order chi connectivity index (χ0) is 14.1. The maximum Gasteiger partial charge on any atom is 0.119 e. The molecule has 2 heterocycles. The van der Waals surface area contributed by atoms with E-state index in [-0.39, 0.29) is 0 Å². The van der Waals surface area contributed by atoms with Gasteiger partial charge in [0.1, 0.15) is 5.75 Å². The van der Waals surface area contributed by atoms with Crippen molar-refractivity contribution in [3.63, 3.8) is 0 Å². The molecule has 2 saturated heterocycles. The summed E-state index contributed by atoms with van der Waals surface area (Å²) < 4.78 is 5.22. The summed E-state index contributed by atoms with van der Waals surface area (Å²) in [6.45, 7) is 0.704. The highest BCUT2D eigenvalue weighted by Gasteiger charge is 2.40. The lowest BCUT2D eigenvalue weighted by Gasteiger charge is -2.38. The summed E-state index contributed by atoms with van der Waals surface area (Å²) in [6, 6.07) is 9.18. The first-order chi connectivity index (χ1) is 9.67. The lowest BCUT2D eigenvalue weighted by atomic mass is 9.97. The number of hydrogen-bond donors (Lipinski definition) is 2. The number of nitrogens with zero attached hydrogens (tertiary/aromatic N) is 1. The number of piperidine rings is 1. The number of fused-ring (bicyclic) bond motifs is 2. The number of methoxy groups -OCH3 is 1. The van der Waals surface area contributed by atoms with E-state index in [9.17, 15) is 5.11 Å². The van der Waals surface area contributed by atoms with Crippen molar-refractivity contribution < 1.29 is 9.84 Å². The summed E-state index contributed by atoms with van der Waals surface area (Å²) in [6.07, 6.45) is 4.14. The Balaban J connectivity index is 1.68. The van der Waals surface area contributed by atoms with Crippen LogP contribution < -0.4 is 10.5 Å².